The maximum atomic E-state index is 11.7. The molecule has 1 fully saturated rings. The van der Waals surface area contributed by atoms with E-state index in [0.717, 1.165) is 69.8 Å². The van der Waals surface area contributed by atoms with Crippen molar-refractivity contribution in [3.05, 3.63) is 78.3 Å². The standard InChI is InChI=1S/C31H32BN2O2S.C13H24O2.Ir/c1-29(2,3)17-19-12-13-23-25(14-19)37-28-26(33-18-34-27(23)28)21-15-20-10-8-9-11-22(20)24(16-21)32-35-30(4,5)31(6,7)36-32;1-5-10(6-2)12(14)9-13(15)11(7-3)8-4;/h8-14,16,18H,17H2,1-7H3;9-11,14H,5-8H2,1-4H3;/q-1;;/b;12-9-;. The van der Waals surface area contributed by atoms with Crippen molar-refractivity contribution >= 4 is 60.8 Å². The molecular formula is C44H56BIrN2O4S-. The summed E-state index contributed by atoms with van der Waals surface area (Å²) in [6.07, 6.45) is 7.61. The van der Waals surface area contributed by atoms with Crippen LogP contribution in [0.3, 0.4) is 0 Å². The van der Waals surface area contributed by atoms with Crippen molar-refractivity contribution in [1.29, 1.82) is 0 Å². The van der Waals surface area contributed by atoms with E-state index in [1.807, 2.05) is 33.8 Å². The van der Waals surface area contributed by atoms with Crippen LogP contribution in [0.25, 0.3) is 42.3 Å². The number of hydrogen-bond donors (Lipinski definition) is 1. The molecule has 1 aliphatic heterocycles. The third kappa shape index (κ3) is 9.48. The first-order chi connectivity index (χ1) is 24.5. The molecule has 0 aliphatic carbocycles. The van der Waals surface area contributed by atoms with Gasteiger partial charge in [-0.25, -0.2) is 4.98 Å². The molecule has 5 aromatic rings. The van der Waals surface area contributed by atoms with E-state index in [0.29, 0.717) is 0 Å². The Balaban J connectivity index is 0.000000335. The van der Waals surface area contributed by atoms with Gasteiger partial charge in [-0.05, 0) is 76.8 Å². The number of allylic oxidation sites excluding steroid dienone is 2. The maximum absolute atomic E-state index is 11.7. The van der Waals surface area contributed by atoms with Crippen LogP contribution in [-0.2, 0) is 40.6 Å². The number of hydrogen-bond acceptors (Lipinski definition) is 7. The molecule has 6 nitrogen and oxygen atoms in total. The summed E-state index contributed by atoms with van der Waals surface area (Å²) in [5.74, 6) is 0.547. The van der Waals surface area contributed by atoms with Crippen molar-refractivity contribution < 1.29 is 39.3 Å². The van der Waals surface area contributed by atoms with Gasteiger partial charge in [0.05, 0.1) is 22.5 Å². The Morgan fingerprint density at radius 3 is 2.13 bits per heavy atom. The van der Waals surface area contributed by atoms with Gasteiger partial charge in [0.15, 0.2) is 5.78 Å². The number of thiophene rings is 1. The van der Waals surface area contributed by atoms with Crippen molar-refractivity contribution in [2.45, 2.75) is 119 Å². The molecule has 2 aromatic heterocycles. The minimum atomic E-state index is -0.469. The minimum absolute atomic E-state index is 0. The molecule has 0 amide bonds. The van der Waals surface area contributed by atoms with Gasteiger partial charge in [0, 0.05) is 58.5 Å². The van der Waals surface area contributed by atoms with Gasteiger partial charge in [0.1, 0.15) is 6.33 Å². The van der Waals surface area contributed by atoms with Gasteiger partial charge in [-0.15, -0.1) is 34.9 Å². The number of fused-ring (bicyclic) bond motifs is 4. The Labute approximate surface area is 334 Å². The summed E-state index contributed by atoms with van der Waals surface area (Å²) >= 11 is 1.76. The van der Waals surface area contributed by atoms with Crippen LogP contribution in [-0.4, -0.2) is 39.2 Å². The molecule has 0 atom stereocenters. The van der Waals surface area contributed by atoms with Gasteiger partial charge >= 0.3 is 7.12 Å². The van der Waals surface area contributed by atoms with E-state index in [2.05, 4.69) is 97.0 Å². The van der Waals surface area contributed by atoms with Crippen LogP contribution in [0.5, 0.6) is 0 Å². The molecule has 0 bridgehead atoms. The molecule has 53 heavy (non-hydrogen) atoms. The number of aromatic nitrogens is 2. The predicted octanol–water partition coefficient (Wildman–Crippen LogP) is 11.2. The van der Waals surface area contributed by atoms with Crippen LogP contribution in [0.1, 0.15) is 107 Å². The molecule has 6 rings (SSSR count). The molecule has 0 unspecified atom stereocenters. The largest absolute Gasteiger partial charge is 0.512 e. The predicted molar refractivity (Wildman–Crippen MR) is 219 cm³/mol. The molecule has 9 heteroatoms. The summed E-state index contributed by atoms with van der Waals surface area (Å²) in [6, 6.07) is 20.8. The van der Waals surface area contributed by atoms with Gasteiger partial charge in [0.25, 0.3) is 0 Å². The summed E-state index contributed by atoms with van der Waals surface area (Å²) in [5, 5.41) is 13.0. The third-order valence-corrected chi connectivity index (χ3v) is 11.9. The van der Waals surface area contributed by atoms with Crippen molar-refractivity contribution in [2.75, 3.05) is 0 Å². The number of benzene rings is 3. The van der Waals surface area contributed by atoms with Crippen molar-refractivity contribution in [3.63, 3.8) is 0 Å². The van der Waals surface area contributed by atoms with Crippen LogP contribution >= 0.6 is 11.3 Å². The molecule has 0 saturated carbocycles. The van der Waals surface area contributed by atoms with Crippen LogP contribution in [0.2, 0.25) is 0 Å². The van der Waals surface area contributed by atoms with Gasteiger partial charge in [-0.1, -0.05) is 95.2 Å². The first-order valence-electron chi connectivity index (χ1n) is 18.9. The number of ketones is 1. The van der Waals surface area contributed by atoms with Gasteiger partial charge in [-0.2, -0.15) is 0 Å². The second-order valence-corrected chi connectivity index (χ2v) is 17.4. The summed E-state index contributed by atoms with van der Waals surface area (Å²) in [6.45, 7) is 23.3. The first-order valence-corrected chi connectivity index (χ1v) is 19.8. The van der Waals surface area contributed by atoms with Gasteiger partial charge < -0.3 is 14.4 Å². The molecule has 1 saturated heterocycles. The minimum Gasteiger partial charge on any atom is -0.512 e. The summed E-state index contributed by atoms with van der Waals surface area (Å²) in [4.78, 5) is 21.2. The maximum Gasteiger partial charge on any atom is 0.479 e. The van der Waals surface area contributed by atoms with Crippen LogP contribution in [0.15, 0.2) is 66.7 Å². The fraction of sp³-hybridized carbons (Fsp3) is 0.477. The van der Waals surface area contributed by atoms with E-state index >= 15 is 0 Å². The Morgan fingerprint density at radius 2 is 1.53 bits per heavy atom. The zero-order valence-electron chi connectivity index (χ0n) is 33.3. The fourth-order valence-corrected chi connectivity index (χ4v) is 8.09. The Bertz CT molecular complexity index is 2060. The molecular weight excluding hydrogens is 856 g/mol. The van der Waals surface area contributed by atoms with E-state index in [-0.39, 0.29) is 48.9 Å². The number of aliphatic hydroxyl groups excluding tert-OH is 1. The zero-order chi connectivity index (χ0) is 38.0. The average Bonchev–Trinajstić information content (AvgIpc) is 3.56. The second kappa shape index (κ2) is 17.2. The number of carbonyl (C=O) groups excluding carboxylic acids is 1. The molecule has 1 N–H and O–H groups in total. The Hall–Kier alpha value is -2.94. The number of aliphatic hydroxyl groups is 1. The van der Waals surface area contributed by atoms with E-state index < -0.39 is 18.3 Å². The molecule has 1 aliphatic rings. The topological polar surface area (TPSA) is 81.5 Å². The summed E-state index contributed by atoms with van der Waals surface area (Å²) in [5.41, 5.74) is 4.56. The van der Waals surface area contributed by atoms with Gasteiger partial charge in [0.2, 0.25) is 0 Å². The third-order valence-electron chi connectivity index (χ3n) is 10.7. The smallest absolute Gasteiger partial charge is 0.479 e. The second-order valence-electron chi connectivity index (χ2n) is 16.3. The fourth-order valence-electron chi connectivity index (χ4n) is 6.86. The van der Waals surface area contributed by atoms with Crippen LogP contribution in [0.4, 0.5) is 0 Å². The SMILES string of the molecule is CC(C)(C)Cc1ccc2c(c1)sc1c(-c3[c-]c4ccccc4c(B4OC(C)(C)C(C)(C)O4)c3)ncnc12.CCC(CC)C(=O)/C=C(\O)C(CC)CC.[Ir]. The number of nitrogens with zero attached hydrogens (tertiary/aromatic N) is 2. The molecule has 1 radical (unpaired) electrons. The summed E-state index contributed by atoms with van der Waals surface area (Å²) < 4.78 is 15.3. The average molecular weight is 912 g/mol. The van der Waals surface area contributed by atoms with E-state index in [1.54, 1.807) is 17.7 Å². The molecule has 3 aromatic carbocycles. The molecule has 3 heterocycles. The zero-order valence-corrected chi connectivity index (χ0v) is 36.6. The van der Waals surface area contributed by atoms with Crippen LogP contribution in [0, 0.1) is 23.3 Å². The van der Waals surface area contributed by atoms with Crippen molar-refractivity contribution in [1.82, 2.24) is 9.97 Å². The Kier molecular flexibility index (Phi) is 13.9. The monoisotopic (exact) mass is 912 g/mol. The summed E-state index contributed by atoms with van der Waals surface area (Å²) in [7, 11) is -0.469. The van der Waals surface area contributed by atoms with Crippen molar-refractivity contribution in [2.24, 2.45) is 17.3 Å². The first kappa shape index (κ1) is 42.8. The van der Waals surface area contributed by atoms with E-state index in [4.69, 9.17) is 19.3 Å². The number of carbonyl (C=O) groups is 1. The van der Waals surface area contributed by atoms with Crippen LogP contribution < -0.4 is 5.46 Å². The van der Waals surface area contributed by atoms with E-state index in [9.17, 15) is 9.90 Å². The Morgan fingerprint density at radius 1 is 0.906 bits per heavy atom. The molecule has 285 valence electrons. The van der Waals surface area contributed by atoms with Gasteiger partial charge in [-0.3, -0.25) is 9.78 Å². The van der Waals surface area contributed by atoms with Crippen molar-refractivity contribution in [3.8, 4) is 11.3 Å². The number of rotatable bonds is 10. The quantitative estimate of drug-likeness (QED) is 0.0651. The normalized spacial score (nSPS) is 15.6. The molecule has 0 spiro atoms. The van der Waals surface area contributed by atoms with E-state index in [1.165, 1.54) is 21.7 Å².